The van der Waals surface area contributed by atoms with Crippen molar-refractivity contribution in [3.8, 4) is 11.1 Å². The van der Waals surface area contributed by atoms with Crippen LogP contribution in [0.4, 0.5) is 0 Å². The van der Waals surface area contributed by atoms with Gasteiger partial charge in [-0.2, -0.15) is 0 Å². The molecule has 0 aliphatic heterocycles. The molecule has 21 heavy (non-hydrogen) atoms. The summed E-state index contributed by atoms with van der Waals surface area (Å²) in [6.07, 6.45) is 2.18. The molecule has 0 aromatic heterocycles. The fourth-order valence-electron chi connectivity index (χ4n) is 2.29. The lowest BCUT2D eigenvalue weighted by Crippen LogP contribution is -2.06. The minimum atomic E-state index is -0.887. The van der Waals surface area contributed by atoms with Gasteiger partial charge in [-0.15, -0.1) is 0 Å². The van der Waals surface area contributed by atoms with Gasteiger partial charge >= 0.3 is 5.97 Å². The molecule has 2 rings (SSSR count). The molecule has 0 saturated heterocycles. The molecule has 0 fully saturated rings. The highest BCUT2D eigenvalue weighted by atomic mass is 16.4. The summed E-state index contributed by atoms with van der Waals surface area (Å²) in [6, 6.07) is 15.3. The van der Waals surface area contributed by atoms with Crippen LogP contribution < -0.4 is 0 Å². The molecule has 110 valence electrons. The zero-order valence-electron chi connectivity index (χ0n) is 12.9. The predicted octanol–water partition coefficient (Wildman–Crippen LogP) is 5.03. The first-order chi connectivity index (χ1) is 9.87. The number of aryl methyl sites for hydroxylation is 1. The quantitative estimate of drug-likeness (QED) is 0.853. The zero-order chi connectivity index (χ0) is 15.5. The minimum absolute atomic E-state index is 0.328. The molecule has 0 aliphatic carbocycles. The molecule has 0 bridgehead atoms. The van der Waals surface area contributed by atoms with E-state index in [4.69, 9.17) is 0 Å². The molecule has 1 N–H and O–H groups in total. The third-order valence-corrected chi connectivity index (χ3v) is 3.59. The number of aromatic carboxylic acids is 1. The topological polar surface area (TPSA) is 37.3 Å². The molecule has 2 aromatic rings. The van der Waals surface area contributed by atoms with Crippen LogP contribution in [0.5, 0.6) is 0 Å². The van der Waals surface area contributed by atoms with Gasteiger partial charge in [0.15, 0.2) is 0 Å². The number of hydrogen-bond donors (Lipinski definition) is 1. The third-order valence-electron chi connectivity index (χ3n) is 3.59. The Kier molecular flexibility index (Phi) is 4.46. The maximum atomic E-state index is 11.3. The van der Waals surface area contributed by atoms with Crippen molar-refractivity contribution in [3.63, 3.8) is 0 Å². The highest BCUT2D eigenvalue weighted by Crippen LogP contribution is 2.26. The number of carboxylic acids is 1. The fourth-order valence-corrected chi connectivity index (χ4v) is 2.29. The molecule has 0 heterocycles. The Bertz CT molecular complexity index is 619. The van der Waals surface area contributed by atoms with Gasteiger partial charge in [-0.05, 0) is 41.0 Å². The van der Waals surface area contributed by atoms with Gasteiger partial charge in [0.25, 0.3) is 0 Å². The van der Waals surface area contributed by atoms with Crippen molar-refractivity contribution in [1.29, 1.82) is 0 Å². The normalized spacial score (nSPS) is 11.4. The fraction of sp³-hybridized carbons (Fsp3) is 0.316. The van der Waals surface area contributed by atoms with Crippen LogP contribution in [0.3, 0.4) is 0 Å². The van der Waals surface area contributed by atoms with E-state index >= 15 is 0 Å². The lowest BCUT2D eigenvalue weighted by molar-refractivity contribution is 0.0697. The lowest BCUT2D eigenvalue weighted by Gasteiger charge is -2.17. The first-order valence-corrected chi connectivity index (χ1v) is 7.28. The van der Waals surface area contributed by atoms with Gasteiger partial charge in [-0.3, -0.25) is 0 Å². The molecule has 0 atom stereocenters. The lowest BCUT2D eigenvalue weighted by atomic mass is 9.88. The average Bonchev–Trinajstić information content (AvgIpc) is 2.45. The maximum Gasteiger partial charge on any atom is 0.336 e. The van der Waals surface area contributed by atoms with Crippen molar-refractivity contribution in [2.75, 3.05) is 0 Å². The van der Waals surface area contributed by atoms with Crippen LogP contribution in [0.25, 0.3) is 11.1 Å². The number of carbonyl (C=O) groups is 1. The van der Waals surface area contributed by atoms with E-state index in [9.17, 15) is 9.90 Å². The van der Waals surface area contributed by atoms with Gasteiger partial charge in [-0.25, -0.2) is 4.79 Å². The largest absolute Gasteiger partial charge is 0.478 e. The maximum absolute atomic E-state index is 11.3. The van der Waals surface area contributed by atoms with Crippen LogP contribution in [0, 0.1) is 5.41 Å². The summed E-state index contributed by atoms with van der Waals surface area (Å²) in [5.41, 5.74) is 3.69. The Hall–Kier alpha value is -2.09. The molecular weight excluding hydrogens is 260 g/mol. The highest BCUT2D eigenvalue weighted by Gasteiger charge is 2.12. The van der Waals surface area contributed by atoms with E-state index < -0.39 is 5.97 Å². The van der Waals surface area contributed by atoms with Crippen LogP contribution in [0.1, 0.15) is 43.1 Å². The van der Waals surface area contributed by atoms with E-state index in [1.54, 1.807) is 12.1 Å². The van der Waals surface area contributed by atoms with Crippen molar-refractivity contribution in [2.24, 2.45) is 5.41 Å². The molecular formula is C19H22O2. The Morgan fingerprint density at radius 1 is 1.00 bits per heavy atom. The number of benzene rings is 2. The van der Waals surface area contributed by atoms with Crippen molar-refractivity contribution in [3.05, 3.63) is 59.7 Å². The summed E-state index contributed by atoms with van der Waals surface area (Å²) in [4.78, 5) is 11.3. The average molecular weight is 282 g/mol. The monoisotopic (exact) mass is 282 g/mol. The molecule has 0 spiro atoms. The van der Waals surface area contributed by atoms with Gasteiger partial charge in [0, 0.05) is 0 Å². The molecule has 0 aliphatic rings. The SMILES string of the molecule is CC(C)(C)CCc1ccc(-c2ccccc2C(=O)O)cc1. The van der Waals surface area contributed by atoms with E-state index in [-0.39, 0.29) is 0 Å². The molecule has 0 unspecified atom stereocenters. The number of rotatable bonds is 4. The van der Waals surface area contributed by atoms with Crippen molar-refractivity contribution in [1.82, 2.24) is 0 Å². The molecule has 0 amide bonds. The Balaban J connectivity index is 2.22. The van der Waals surface area contributed by atoms with Gasteiger partial charge < -0.3 is 5.11 Å². The molecule has 0 radical (unpaired) electrons. The summed E-state index contributed by atoms with van der Waals surface area (Å²) < 4.78 is 0. The Morgan fingerprint density at radius 3 is 2.19 bits per heavy atom. The molecule has 0 saturated carbocycles. The smallest absolute Gasteiger partial charge is 0.336 e. The number of hydrogen-bond acceptors (Lipinski definition) is 1. The van der Waals surface area contributed by atoms with Crippen LogP contribution in [-0.4, -0.2) is 11.1 Å². The van der Waals surface area contributed by atoms with Gasteiger partial charge in [-0.1, -0.05) is 63.2 Å². The van der Waals surface area contributed by atoms with Crippen LogP contribution in [0.2, 0.25) is 0 Å². The summed E-state index contributed by atoms with van der Waals surface area (Å²) in [5.74, 6) is -0.887. The minimum Gasteiger partial charge on any atom is -0.478 e. The Morgan fingerprint density at radius 2 is 1.62 bits per heavy atom. The van der Waals surface area contributed by atoms with Crippen molar-refractivity contribution >= 4 is 5.97 Å². The summed E-state index contributed by atoms with van der Waals surface area (Å²) in [7, 11) is 0. The number of carboxylic acid groups (broad SMARTS) is 1. The summed E-state index contributed by atoms with van der Waals surface area (Å²) in [6.45, 7) is 6.72. The second kappa shape index (κ2) is 6.13. The van der Waals surface area contributed by atoms with Gasteiger partial charge in [0.1, 0.15) is 0 Å². The zero-order valence-corrected chi connectivity index (χ0v) is 12.9. The van der Waals surface area contributed by atoms with E-state index in [1.165, 1.54) is 5.56 Å². The van der Waals surface area contributed by atoms with E-state index in [1.807, 2.05) is 24.3 Å². The second-order valence-corrected chi connectivity index (χ2v) is 6.61. The first-order valence-electron chi connectivity index (χ1n) is 7.28. The summed E-state index contributed by atoms with van der Waals surface area (Å²) in [5, 5.41) is 9.26. The first kappa shape index (κ1) is 15.3. The molecule has 2 nitrogen and oxygen atoms in total. The van der Waals surface area contributed by atoms with E-state index in [2.05, 4.69) is 32.9 Å². The van der Waals surface area contributed by atoms with Gasteiger partial charge in [0.2, 0.25) is 0 Å². The molecule has 2 heteroatoms. The second-order valence-electron chi connectivity index (χ2n) is 6.61. The summed E-state index contributed by atoms with van der Waals surface area (Å²) >= 11 is 0. The van der Waals surface area contributed by atoms with E-state index in [0.717, 1.165) is 24.0 Å². The van der Waals surface area contributed by atoms with Crippen LogP contribution in [-0.2, 0) is 6.42 Å². The van der Waals surface area contributed by atoms with Crippen LogP contribution in [0.15, 0.2) is 48.5 Å². The van der Waals surface area contributed by atoms with Crippen molar-refractivity contribution < 1.29 is 9.90 Å². The van der Waals surface area contributed by atoms with Crippen LogP contribution >= 0.6 is 0 Å². The molecule has 2 aromatic carbocycles. The Labute approximate surface area is 126 Å². The van der Waals surface area contributed by atoms with Gasteiger partial charge in [0.05, 0.1) is 5.56 Å². The predicted molar refractivity (Wildman–Crippen MR) is 86.6 cm³/mol. The third kappa shape index (κ3) is 4.19. The standard InChI is InChI=1S/C19H22O2/c1-19(2,3)13-12-14-8-10-15(11-9-14)16-6-4-5-7-17(16)18(20)21/h4-11H,12-13H2,1-3H3,(H,20,21). The van der Waals surface area contributed by atoms with Crippen molar-refractivity contribution in [2.45, 2.75) is 33.6 Å². The highest BCUT2D eigenvalue weighted by molar-refractivity contribution is 5.95. The van der Waals surface area contributed by atoms with E-state index in [0.29, 0.717) is 11.0 Å².